The molecule has 1 unspecified atom stereocenters. The number of hydrogen-bond donors (Lipinski definition) is 1. The molecule has 1 aromatic rings. The lowest BCUT2D eigenvalue weighted by Crippen LogP contribution is -2.27. The van der Waals surface area contributed by atoms with E-state index in [1.165, 1.54) is 12.8 Å². The Labute approximate surface area is 112 Å². The maximum Gasteiger partial charge on any atom is 0.251 e. The van der Waals surface area contributed by atoms with Crippen molar-refractivity contribution in [2.24, 2.45) is 0 Å². The summed E-state index contributed by atoms with van der Waals surface area (Å²) in [6.07, 6.45) is 6.58. The molecule has 102 valence electrons. The summed E-state index contributed by atoms with van der Waals surface area (Å²) in [7, 11) is 0. The minimum absolute atomic E-state index is 0.0497. The number of aromatic nitrogens is 1. The number of amides is 1. The van der Waals surface area contributed by atoms with E-state index in [0.29, 0.717) is 25.1 Å². The van der Waals surface area contributed by atoms with Crippen LogP contribution in [0.1, 0.15) is 31.2 Å². The van der Waals surface area contributed by atoms with E-state index in [1.807, 2.05) is 12.1 Å². The molecule has 1 saturated carbocycles. The molecular formula is C14H18N2O3. The van der Waals surface area contributed by atoms with Gasteiger partial charge in [-0.1, -0.05) is 6.07 Å². The second kappa shape index (κ2) is 5.57. The van der Waals surface area contributed by atoms with Gasteiger partial charge in [0.05, 0.1) is 6.61 Å². The van der Waals surface area contributed by atoms with E-state index in [9.17, 15) is 4.79 Å². The Kier molecular flexibility index (Phi) is 3.64. The highest BCUT2D eigenvalue weighted by atomic mass is 16.6. The highest BCUT2D eigenvalue weighted by Gasteiger charge is 2.30. The Balaban J connectivity index is 1.48. The minimum Gasteiger partial charge on any atom is -0.474 e. The van der Waals surface area contributed by atoms with E-state index >= 15 is 0 Å². The van der Waals surface area contributed by atoms with Crippen LogP contribution in [0.25, 0.3) is 0 Å². The van der Waals surface area contributed by atoms with Gasteiger partial charge in [-0.05, 0) is 31.2 Å². The molecule has 1 aliphatic carbocycles. The first-order valence-electron chi connectivity index (χ1n) is 6.82. The van der Waals surface area contributed by atoms with Gasteiger partial charge in [-0.25, -0.2) is 4.98 Å². The predicted octanol–water partition coefficient (Wildman–Crippen LogP) is 1.42. The van der Waals surface area contributed by atoms with Gasteiger partial charge in [-0.3, -0.25) is 4.79 Å². The SMILES string of the molecule is O=C(NCc1ccc(OC2CCCC2)nc1)C1CO1. The van der Waals surface area contributed by atoms with Crippen LogP contribution in [0.15, 0.2) is 18.3 Å². The highest BCUT2D eigenvalue weighted by Crippen LogP contribution is 2.22. The van der Waals surface area contributed by atoms with Gasteiger partial charge in [0, 0.05) is 18.8 Å². The van der Waals surface area contributed by atoms with E-state index < -0.39 is 0 Å². The largest absolute Gasteiger partial charge is 0.474 e. The van der Waals surface area contributed by atoms with Gasteiger partial charge in [0.25, 0.3) is 5.91 Å². The van der Waals surface area contributed by atoms with Gasteiger partial charge in [0.15, 0.2) is 6.10 Å². The number of epoxide rings is 1. The molecule has 1 N–H and O–H groups in total. The van der Waals surface area contributed by atoms with Crippen LogP contribution in [0.4, 0.5) is 0 Å². The smallest absolute Gasteiger partial charge is 0.251 e. The maximum absolute atomic E-state index is 11.4. The van der Waals surface area contributed by atoms with Gasteiger partial charge >= 0.3 is 0 Å². The monoisotopic (exact) mass is 262 g/mol. The standard InChI is InChI=1S/C14H18N2O3/c17-14(12-9-18-12)16-8-10-5-6-13(15-7-10)19-11-3-1-2-4-11/h5-7,11-12H,1-4,8-9H2,(H,16,17). The summed E-state index contributed by atoms with van der Waals surface area (Å²) in [6, 6.07) is 3.80. The van der Waals surface area contributed by atoms with Gasteiger partial charge in [-0.2, -0.15) is 0 Å². The van der Waals surface area contributed by atoms with Gasteiger partial charge in [0.2, 0.25) is 5.88 Å². The Hall–Kier alpha value is -1.62. The van der Waals surface area contributed by atoms with Gasteiger partial charge in [-0.15, -0.1) is 0 Å². The normalized spacial score (nSPS) is 22.2. The van der Waals surface area contributed by atoms with Crippen LogP contribution < -0.4 is 10.1 Å². The molecule has 2 aliphatic rings. The topological polar surface area (TPSA) is 63.8 Å². The van der Waals surface area contributed by atoms with Crippen molar-refractivity contribution < 1.29 is 14.3 Å². The number of nitrogens with one attached hydrogen (secondary N) is 1. The van der Waals surface area contributed by atoms with Crippen molar-refractivity contribution in [3.63, 3.8) is 0 Å². The van der Waals surface area contributed by atoms with Crippen LogP contribution in [-0.4, -0.2) is 29.7 Å². The van der Waals surface area contributed by atoms with Crippen LogP contribution in [0.2, 0.25) is 0 Å². The summed E-state index contributed by atoms with van der Waals surface area (Å²) in [5.41, 5.74) is 0.966. The van der Waals surface area contributed by atoms with Crippen molar-refractivity contribution in [2.45, 2.75) is 44.4 Å². The van der Waals surface area contributed by atoms with Crippen molar-refractivity contribution in [1.29, 1.82) is 0 Å². The number of carbonyl (C=O) groups excluding carboxylic acids is 1. The Morgan fingerprint density at radius 2 is 2.21 bits per heavy atom. The van der Waals surface area contributed by atoms with Crippen molar-refractivity contribution in [2.75, 3.05) is 6.61 Å². The lowest BCUT2D eigenvalue weighted by atomic mass is 10.2. The summed E-state index contributed by atoms with van der Waals surface area (Å²) in [5, 5.41) is 2.81. The second-order valence-corrected chi connectivity index (χ2v) is 5.07. The lowest BCUT2D eigenvalue weighted by Gasteiger charge is -2.12. The predicted molar refractivity (Wildman–Crippen MR) is 68.7 cm³/mol. The number of hydrogen-bond acceptors (Lipinski definition) is 4. The second-order valence-electron chi connectivity index (χ2n) is 5.07. The van der Waals surface area contributed by atoms with Crippen LogP contribution in [0, 0.1) is 0 Å². The highest BCUT2D eigenvalue weighted by molar-refractivity contribution is 5.82. The summed E-state index contributed by atoms with van der Waals surface area (Å²) in [6.45, 7) is 1.02. The number of ether oxygens (including phenoxy) is 2. The Morgan fingerprint density at radius 1 is 1.42 bits per heavy atom. The van der Waals surface area contributed by atoms with Gasteiger partial charge in [0.1, 0.15) is 6.10 Å². The third kappa shape index (κ3) is 3.44. The molecule has 5 nitrogen and oxygen atoms in total. The zero-order chi connectivity index (χ0) is 13.1. The zero-order valence-electron chi connectivity index (χ0n) is 10.8. The van der Waals surface area contributed by atoms with Crippen molar-refractivity contribution >= 4 is 5.91 Å². The molecule has 3 rings (SSSR count). The lowest BCUT2D eigenvalue weighted by molar-refractivity contribution is -0.122. The number of carbonyl (C=O) groups is 1. The summed E-state index contributed by atoms with van der Waals surface area (Å²) < 4.78 is 10.7. The Morgan fingerprint density at radius 3 is 2.84 bits per heavy atom. The molecule has 1 amide bonds. The fourth-order valence-electron chi connectivity index (χ4n) is 2.26. The molecule has 0 bridgehead atoms. The summed E-state index contributed by atoms with van der Waals surface area (Å²) in [5.74, 6) is 0.624. The molecule has 1 aromatic heterocycles. The molecule has 1 atom stereocenters. The molecule has 2 fully saturated rings. The third-order valence-electron chi connectivity index (χ3n) is 3.48. The minimum atomic E-state index is -0.238. The maximum atomic E-state index is 11.4. The van der Waals surface area contributed by atoms with E-state index in [0.717, 1.165) is 18.4 Å². The molecule has 0 aromatic carbocycles. The van der Waals surface area contributed by atoms with Crippen molar-refractivity contribution in [3.05, 3.63) is 23.9 Å². The van der Waals surface area contributed by atoms with Crippen LogP contribution in [-0.2, 0) is 16.1 Å². The first kappa shape index (κ1) is 12.4. The van der Waals surface area contributed by atoms with Gasteiger partial charge < -0.3 is 14.8 Å². The molecule has 19 heavy (non-hydrogen) atoms. The number of rotatable bonds is 5. The van der Waals surface area contributed by atoms with Crippen LogP contribution in [0.5, 0.6) is 5.88 Å². The first-order chi connectivity index (χ1) is 9.31. The fraction of sp³-hybridized carbons (Fsp3) is 0.571. The molecule has 1 aliphatic heterocycles. The first-order valence-corrected chi connectivity index (χ1v) is 6.82. The zero-order valence-corrected chi connectivity index (χ0v) is 10.8. The molecule has 5 heteroatoms. The van der Waals surface area contributed by atoms with E-state index in [4.69, 9.17) is 9.47 Å². The molecular weight excluding hydrogens is 244 g/mol. The summed E-state index contributed by atoms with van der Waals surface area (Å²) in [4.78, 5) is 15.7. The van der Waals surface area contributed by atoms with E-state index in [1.54, 1.807) is 6.20 Å². The fourth-order valence-corrected chi connectivity index (χ4v) is 2.26. The molecule has 1 saturated heterocycles. The third-order valence-corrected chi connectivity index (χ3v) is 3.48. The Bertz CT molecular complexity index is 437. The molecule has 0 radical (unpaired) electrons. The van der Waals surface area contributed by atoms with Crippen molar-refractivity contribution in [3.8, 4) is 5.88 Å². The summed E-state index contributed by atoms with van der Waals surface area (Å²) >= 11 is 0. The van der Waals surface area contributed by atoms with E-state index in [-0.39, 0.29) is 12.0 Å². The van der Waals surface area contributed by atoms with Crippen LogP contribution >= 0.6 is 0 Å². The van der Waals surface area contributed by atoms with E-state index in [2.05, 4.69) is 10.3 Å². The molecule has 0 spiro atoms. The van der Waals surface area contributed by atoms with Crippen molar-refractivity contribution in [1.82, 2.24) is 10.3 Å². The average Bonchev–Trinajstić information content (AvgIpc) is 3.17. The number of pyridine rings is 1. The quantitative estimate of drug-likeness (QED) is 0.815. The van der Waals surface area contributed by atoms with Crippen LogP contribution in [0.3, 0.4) is 0 Å². The number of nitrogens with zero attached hydrogens (tertiary/aromatic N) is 1. The average molecular weight is 262 g/mol. The molecule has 2 heterocycles.